The molecule has 0 saturated heterocycles. The molecule has 0 spiro atoms. The lowest BCUT2D eigenvalue weighted by atomic mass is 9.84. The summed E-state index contributed by atoms with van der Waals surface area (Å²) in [7, 11) is -3.60. The molecule has 0 heterocycles. The summed E-state index contributed by atoms with van der Waals surface area (Å²) in [6, 6.07) is 13.1. The second-order valence-corrected chi connectivity index (χ2v) is 10.4. The molecule has 31 heavy (non-hydrogen) atoms. The average Bonchev–Trinajstić information content (AvgIpc) is 3.38. The van der Waals surface area contributed by atoms with Gasteiger partial charge in [-0.2, -0.15) is 0 Å². The smallest absolute Gasteiger partial charge is 0.255 e. The first-order chi connectivity index (χ1) is 14.9. The van der Waals surface area contributed by atoms with Crippen molar-refractivity contribution in [2.75, 3.05) is 11.9 Å². The van der Waals surface area contributed by atoms with E-state index in [1.165, 1.54) is 31.4 Å². The number of nitrogens with one attached hydrogen (secondary N) is 2. The number of hydrogen-bond acceptors (Lipinski definition) is 4. The molecular formula is C24H30N2O4S. The first-order valence-electron chi connectivity index (χ1n) is 11.0. The van der Waals surface area contributed by atoms with E-state index in [4.69, 9.17) is 4.74 Å². The molecule has 2 aromatic rings. The Bertz CT molecular complexity index is 1020. The van der Waals surface area contributed by atoms with Crippen molar-refractivity contribution in [3.63, 3.8) is 0 Å². The van der Waals surface area contributed by atoms with E-state index >= 15 is 0 Å². The molecule has 2 N–H and O–H groups in total. The number of ether oxygens (including phenoxy) is 1. The van der Waals surface area contributed by atoms with Gasteiger partial charge < -0.3 is 10.1 Å². The molecule has 7 heteroatoms. The Morgan fingerprint density at radius 3 is 2.35 bits per heavy atom. The quantitative estimate of drug-likeness (QED) is 0.633. The summed E-state index contributed by atoms with van der Waals surface area (Å²) < 4.78 is 33.9. The summed E-state index contributed by atoms with van der Waals surface area (Å²) in [5.41, 5.74) is 1.04. The van der Waals surface area contributed by atoms with Crippen LogP contribution in [0.2, 0.25) is 0 Å². The molecule has 1 amide bonds. The van der Waals surface area contributed by atoms with Gasteiger partial charge in [0.15, 0.2) is 0 Å². The number of sulfonamides is 1. The lowest BCUT2D eigenvalue weighted by Gasteiger charge is -2.28. The molecule has 2 aliphatic rings. The first kappa shape index (κ1) is 21.8. The maximum atomic E-state index is 12.8. The summed E-state index contributed by atoms with van der Waals surface area (Å²) in [5.74, 6) is 2.31. The molecule has 0 unspecified atom stereocenters. The normalized spacial score (nSPS) is 23.5. The number of carbonyl (C=O) groups is 1. The van der Waals surface area contributed by atoms with Crippen LogP contribution in [0.4, 0.5) is 5.69 Å². The van der Waals surface area contributed by atoms with Gasteiger partial charge in [0.25, 0.3) is 5.91 Å². The summed E-state index contributed by atoms with van der Waals surface area (Å²) in [6.07, 6.45) is 4.90. The molecule has 4 rings (SSSR count). The minimum Gasteiger partial charge on any atom is -0.494 e. The van der Waals surface area contributed by atoms with Crippen LogP contribution in [-0.4, -0.2) is 27.0 Å². The fourth-order valence-corrected chi connectivity index (χ4v) is 6.39. The van der Waals surface area contributed by atoms with E-state index in [1.54, 1.807) is 36.4 Å². The Hall–Kier alpha value is -2.38. The zero-order chi connectivity index (χ0) is 22.0. The van der Waals surface area contributed by atoms with Crippen LogP contribution in [0.15, 0.2) is 53.4 Å². The maximum absolute atomic E-state index is 12.8. The largest absolute Gasteiger partial charge is 0.494 e. The molecular weight excluding hydrogens is 412 g/mol. The minimum absolute atomic E-state index is 0.0701. The highest BCUT2D eigenvalue weighted by atomic mass is 32.2. The van der Waals surface area contributed by atoms with E-state index < -0.39 is 10.0 Å². The van der Waals surface area contributed by atoms with Crippen molar-refractivity contribution in [2.45, 2.75) is 50.5 Å². The van der Waals surface area contributed by atoms with Crippen LogP contribution < -0.4 is 14.8 Å². The molecule has 2 saturated carbocycles. The number of anilines is 1. The fraction of sp³-hybridized carbons (Fsp3) is 0.458. The van der Waals surface area contributed by atoms with Gasteiger partial charge in [0.2, 0.25) is 10.0 Å². The van der Waals surface area contributed by atoms with Gasteiger partial charge in [0.05, 0.1) is 11.5 Å². The van der Waals surface area contributed by atoms with Gasteiger partial charge in [-0.25, -0.2) is 13.1 Å². The van der Waals surface area contributed by atoms with E-state index in [2.05, 4.69) is 10.0 Å². The van der Waals surface area contributed by atoms with Crippen LogP contribution in [0.5, 0.6) is 5.75 Å². The Morgan fingerprint density at radius 2 is 1.77 bits per heavy atom. The number of benzene rings is 2. The van der Waals surface area contributed by atoms with E-state index in [1.807, 2.05) is 13.8 Å². The lowest BCUT2D eigenvalue weighted by Crippen LogP contribution is -2.40. The molecule has 0 aliphatic heterocycles. The highest BCUT2D eigenvalue weighted by Gasteiger charge is 2.42. The number of carbonyl (C=O) groups excluding carboxylic acids is 1. The Kier molecular flexibility index (Phi) is 6.34. The fourth-order valence-electron chi connectivity index (χ4n) is 5.10. The molecule has 2 fully saturated rings. The molecule has 166 valence electrons. The second kappa shape index (κ2) is 9.01. The standard InChI is InChI=1S/C24H30N2O4S/c1-3-30-21-10-6-18(7-11-21)24(27)25-20-8-12-22(13-9-20)31(28,29)26-16(2)23-15-17-4-5-19(23)14-17/h6-13,16-17,19,23,26H,3-5,14-15H2,1-2H3,(H,25,27)/t16-,17-,19-,23-/m0/s1. The third-order valence-corrected chi connectivity index (χ3v) is 8.20. The molecule has 4 atom stereocenters. The van der Waals surface area contributed by atoms with Gasteiger partial charge in [0.1, 0.15) is 5.75 Å². The van der Waals surface area contributed by atoms with Crippen molar-refractivity contribution in [3.8, 4) is 5.75 Å². The molecule has 6 nitrogen and oxygen atoms in total. The summed E-state index contributed by atoms with van der Waals surface area (Å²) in [5, 5.41) is 2.80. The third-order valence-electron chi connectivity index (χ3n) is 6.63. The van der Waals surface area contributed by atoms with Gasteiger partial charge >= 0.3 is 0 Å². The summed E-state index contributed by atoms with van der Waals surface area (Å²) >= 11 is 0. The van der Waals surface area contributed by atoms with Crippen molar-refractivity contribution in [1.29, 1.82) is 0 Å². The molecule has 0 radical (unpaired) electrons. The van der Waals surface area contributed by atoms with Crippen LogP contribution in [0.25, 0.3) is 0 Å². The van der Waals surface area contributed by atoms with Crippen molar-refractivity contribution < 1.29 is 17.9 Å². The van der Waals surface area contributed by atoms with Crippen molar-refractivity contribution in [3.05, 3.63) is 54.1 Å². The predicted molar refractivity (Wildman–Crippen MR) is 121 cm³/mol. The van der Waals surface area contributed by atoms with E-state index in [0.717, 1.165) is 12.3 Å². The van der Waals surface area contributed by atoms with Gasteiger partial charge in [-0.15, -0.1) is 0 Å². The summed E-state index contributed by atoms with van der Waals surface area (Å²) in [6.45, 7) is 4.45. The van der Waals surface area contributed by atoms with Crippen molar-refractivity contribution in [1.82, 2.24) is 4.72 Å². The van der Waals surface area contributed by atoms with Gasteiger partial charge in [-0.3, -0.25) is 4.79 Å². The minimum atomic E-state index is -3.60. The van der Waals surface area contributed by atoms with Crippen LogP contribution >= 0.6 is 0 Å². The first-order valence-corrected chi connectivity index (χ1v) is 12.5. The average molecular weight is 443 g/mol. The number of rotatable bonds is 8. The van der Waals surface area contributed by atoms with Crippen LogP contribution in [0, 0.1) is 17.8 Å². The Labute approximate surface area is 184 Å². The topological polar surface area (TPSA) is 84.5 Å². The van der Waals surface area contributed by atoms with Gasteiger partial charge in [-0.1, -0.05) is 6.42 Å². The van der Waals surface area contributed by atoms with Gasteiger partial charge in [-0.05, 0) is 99.4 Å². The van der Waals surface area contributed by atoms with Crippen molar-refractivity contribution >= 4 is 21.6 Å². The Balaban J connectivity index is 1.37. The van der Waals surface area contributed by atoms with Crippen LogP contribution in [-0.2, 0) is 10.0 Å². The number of fused-ring (bicyclic) bond motifs is 2. The number of amides is 1. The van der Waals surface area contributed by atoms with E-state index in [-0.39, 0.29) is 16.8 Å². The van der Waals surface area contributed by atoms with Gasteiger partial charge in [0, 0.05) is 17.3 Å². The monoisotopic (exact) mass is 442 g/mol. The predicted octanol–water partition coefficient (Wildman–Crippen LogP) is 4.44. The zero-order valence-corrected chi connectivity index (χ0v) is 18.8. The SMILES string of the molecule is CCOc1ccc(C(=O)Nc2ccc(S(=O)(=O)N[C@@H](C)[C@@H]3C[C@H]4CC[C@H]3C4)cc2)cc1. The zero-order valence-electron chi connectivity index (χ0n) is 18.0. The van der Waals surface area contributed by atoms with Crippen LogP contribution in [0.3, 0.4) is 0 Å². The molecule has 2 aliphatic carbocycles. The van der Waals surface area contributed by atoms with E-state index in [9.17, 15) is 13.2 Å². The molecule has 2 bridgehead atoms. The second-order valence-electron chi connectivity index (χ2n) is 8.68. The maximum Gasteiger partial charge on any atom is 0.255 e. The van der Waals surface area contributed by atoms with Crippen molar-refractivity contribution in [2.24, 2.45) is 17.8 Å². The number of hydrogen-bond donors (Lipinski definition) is 2. The molecule has 0 aromatic heterocycles. The lowest BCUT2D eigenvalue weighted by molar-refractivity contribution is 0.102. The van der Waals surface area contributed by atoms with E-state index in [0.29, 0.717) is 35.4 Å². The third kappa shape index (κ3) is 4.93. The summed E-state index contributed by atoms with van der Waals surface area (Å²) in [4.78, 5) is 12.6. The highest BCUT2D eigenvalue weighted by Crippen LogP contribution is 2.49. The molecule has 2 aromatic carbocycles. The van der Waals surface area contributed by atoms with Crippen LogP contribution in [0.1, 0.15) is 49.9 Å². The highest BCUT2D eigenvalue weighted by molar-refractivity contribution is 7.89. The Morgan fingerprint density at radius 1 is 1.06 bits per heavy atom.